The Balaban J connectivity index is 1.82. The fourth-order valence-corrected chi connectivity index (χ4v) is 2.95. The summed E-state index contributed by atoms with van der Waals surface area (Å²) in [5.41, 5.74) is 1.20. The lowest BCUT2D eigenvalue weighted by Gasteiger charge is -2.34. The normalized spacial score (nSPS) is 16.9. The van der Waals surface area contributed by atoms with Crippen LogP contribution in [0.5, 0.6) is 5.75 Å². The molecule has 0 bridgehead atoms. The van der Waals surface area contributed by atoms with Gasteiger partial charge in [0.05, 0.1) is 7.11 Å². The Morgan fingerprint density at radius 2 is 1.91 bits per heavy atom. The van der Waals surface area contributed by atoms with Crippen LogP contribution >= 0.6 is 0 Å². The molecule has 23 heavy (non-hydrogen) atoms. The van der Waals surface area contributed by atoms with E-state index in [9.17, 15) is 4.79 Å². The summed E-state index contributed by atoms with van der Waals surface area (Å²) in [5.74, 6) is 0.898. The van der Waals surface area contributed by atoms with E-state index in [4.69, 9.17) is 9.47 Å². The zero-order valence-electron chi connectivity index (χ0n) is 14.4. The Kier molecular flexibility index (Phi) is 6.71. The maximum atomic E-state index is 12.2. The summed E-state index contributed by atoms with van der Waals surface area (Å²) < 4.78 is 10.7. The summed E-state index contributed by atoms with van der Waals surface area (Å²) in [4.78, 5) is 14.5. The lowest BCUT2D eigenvalue weighted by molar-refractivity contribution is -0.133. The molecular formula is C18H28N2O3. The number of piperidine rings is 1. The second-order valence-corrected chi connectivity index (χ2v) is 5.82. The molecule has 1 heterocycles. The average Bonchev–Trinajstić information content (AvgIpc) is 2.60. The lowest BCUT2D eigenvalue weighted by Crippen LogP contribution is -2.48. The molecule has 128 valence electrons. The molecule has 2 rings (SSSR count). The van der Waals surface area contributed by atoms with Gasteiger partial charge in [-0.25, -0.2) is 0 Å². The van der Waals surface area contributed by atoms with Gasteiger partial charge in [0, 0.05) is 31.4 Å². The molecule has 0 saturated carbocycles. The quantitative estimate of drug-likeness (QED) is 0.839. The van der Waals surface area contributed by atoms with Gasteiger partial charge in [0.25, 0.3) is 0 Å². The van der Waals surface area contributed by atoms with Crippen molar-refractivity contribution in [2.75, 3.05) is 31.7 Å². The summed E-state index contributed by atoms with van der Waals surface area (Å²) in [6.07, 6.45) is 2.31. The van der Waals surface area contributed by atoms with Gasteiger partial charge in [-0.05, 0) is 50.5 Å². The number of nitrogens with zero attached hydrogens (tertiary/aromatic N) is 1. The number of amides is 1. The zero-order chi connectivity index (χ0) is 16.7. The monoisotopic (exact) mass is 320 g/mol. The molecule has 1 aromatic rings. The molecule has 5 heteroatoms. The minimum atomic E-state index is -0.320. The Labute approximate surface area is 139 Å². The van der Waals surface area contributed by atoms with Gasteiger partial charge in [-0.2, -0.15) is 0 Å². The first kappa shape index (κ1) is 17.6. The van der Waals surface area contributed by atoms with E-state index in [0.29, 0.717) is 13.0 Å². The molecule has 1 amide bonds. The molecule has 0 spiro atoms. The number of anilines is 1. The predicted molar refractivity (Wildman–Crippen MR) is 92.1 cm³/mol. The van der Waals surface area contributed by atoms with Gasteiger partial charge in [0.15, 0.2) is 0 Å². The number of benzene rings is 1. The van der Waals surface area contributed by atoms with Crippen molar-refractivity contribution < 1.29 is 14.3 Å². The smallest absolute Gasteiger partial charge is 0.249 e. The van der Waals surface area contributed by atoms with Gasteiger partial charge >= 0.3 is 0 Å². The van der Waals surface area contributed by atoms with Crippen LogP contribution in [-0.2, 0) is 9.53 Å². The largest absolute Gasteiger partial charge is 0.497 e. The van der Waals surface area contributed by atoms with Crippen molar-refractivity contribution in [3.63, 3.8) is 0 Å². The van der Waals surface area contributed by atoms with Crippen LogP contribution in [0.15, 0.2) is 24.3 Å². The highest BCUT2D eigenvalue weighted by Gasteiger charge is 2.24. The lowest BCUT2D eigenvalue weighted by atomic mass is 10.0. The summed E-state index contributed by atoms with van der Waals surface area (Å²) in [6, 6.07) is 8.38. The summed E-state index contributed by atoms with van der Waals surface area (Å²) in [7, 11) is 1.68. The van der Waals surface area contributed by atoms with E-state index in [2.05, 4.69) is 22.3 Å². The summed E-state index contributed by atoms with van der Waals surface area (Å²) in [5, 5.41) is 3.13. The van der Waals surface area contributed by atoms with E-state index in [1.807, 2.05) is 26.0 Å². The zero-order valence-corrected chi connectivity index (χ0v) is 14.4. The molecule has 1 saturated heterocycles. The van der Waals surface area contributed by atoms with Crippen LogP contribution in [-0.4, -0.2) is 44.9 Å². The first-order chi connectivity index (χ1) is 11.2. The van der Waals surface area contributed by atoms with E-state index in [1.54, 1.807) is 7.11 Å². The Hall–Kier alpha value is -1.75. The van der Waals surface area contributed by atoms with E-state index in [1.165, 1.54) is 5.69 Å². The van der Waals surface area contributed by atoms with Crippen molar-refractivity contribution in [2.45, 2.75) is 45.3 Å². The van der Waals surface area contributed by atoms with Crippen molar-refractivity contribution in [3.8, 4) is 5.75 Å². The number of carbonyl (C=O) groups excluding carboxylic acids is 1. The Bertz CT molecular complexity index is 482. The summed E-state index contributed by atoms with van der Waals surface area (Å²) >= 11 is 0. The van der Waals surface area contributed by atoms with Crippen molar-refractivity contribution in [2.24, 2.45) is 0 Å². The predicted octanol–water partition coefficient (Wildman–Crippen LogP) is 2.60. The fraction of sp³-hybridized carbons (Fsp3) is 0.611. The molecule has 0 unspecified atom stereocenters. The molecule has 1 N–H and O–H groups in total. The Morgan fingerprint density at radius 3 is 2.43 bits per heavy atom. The van der Waals surface area contributed by atoms with Crippen molar-refractivity contribution in [1.29, 1.82) is 0 Å². The highest BCUT2D eigenvalue weighted by atomic mass is 16.5. The number of methoxy groups -OCH3 is 1. The summed E-state index contributed by atoms with van der Waals surface area (Å²) in [6.45, 7) is 6.36. The van der Waals surface area contributed by atoms with Crippen molar-refractivity contribution >= 4 is 11.6 Å². The third kappa shape index (κ3) is 4.86. The van der Waals surface area contributed by atoms with Crippen LogP contribution in [0.4, 0.5) is 5.69 Å². The van der Waals surface area contributed by atoms with E-state index in [0.717, 1.165) is 31.7 Å². The number of hydrogen-bond donors (Lipinski definition) is 1. The minimum absolute atomic E-state index is 0.0252. The van der Waals surface area contributed by atoms with Gasteiger partial charge in [0.2, 0.25) is 5.91 Å². The molecule has 1 aromatic carbocycles. The van der Waals surface area contributed by atoms with Gasteiger partial charge in [-0.1, -0.05) is 6.92 Å². The molecule has 5 nitrogen and oxygen atoms in total. The van der Waals surface area contributed by atoms with Crippen LogP contribution in [0, 0.1) is 0 Å². The molecule has 1 aliphatic heterocycles. The molecular weight excluding hydrogens is 292 g/mol. The topological polar surface area (TPSA) is 50.8 Å². The number of carbonyl (C=O) groups is 1. The third-order valence-corrected chi connectivity index (χ3v) is 4.31. The van der Waals surface area contributed by atoms with Crippen LogP contribution in [0.1, 0.15) is 33.1 Å². The second kappa shape index (κ2) is 8.77. The van der Waals surface area contributed by atoms with E-state index in [-0.39, 0.29) is 18.1 Å². The maximum Gasteiger partial charge on any atom is 0.249 e. The second-order valence-electron chi connectivity index (χ2n) is 5.82. The standard InChI is InChI=1S/C18H28N2O3/c1-4-17(23-5-2)18(21)19-14-10-12-20(13-11-14)15-6-8-16(22-3)9-7-15/h6-9,14,17H,4-5,10-13H2,1-3H3,(H,19,21)/t17-/m0/s1. The SMILES string of the molecule is CCO[C@@H](CC)C(=O)NC1CCN(c2ccc(OC)cc2)CC1. The highest BCUT2D eigenvalue weighted by molar-refractivity contribution is 5.81. The van der Waals surface area contributed by atoms with Gasteiger partial charge in [-0.15, -0.1) is 0 Å². The number of hydrogen-bond acceptors (Lipinski definition) is 4. The molecule has 1 fully saturated rings. The van der Waals surface area contributed by atoms with E-state index < -0.39 is 0 Å². The highest BCUT2D eigenvalue weighted by Crippen LogP contribution is 2.22. The molecule has 0 aliphatic carbocycles. The fourth-order valence-electron chi connectivity index (χ4n) is 2.95. The van der Waals surface area contributed by atoms with Crippen LogP contribution < -0.4 is 15.0 Å². The van der Waals surface area contributed by atoms with Crippen molar-refractivity contribution in [3.05, 3.63) is 24.3 Å². The number of ether oxygens (including phenoxy) is 2. The van der Waals surface area contributed by atoms with Crippen molar-refractivity contribution in [1.82, 2.24) is 5.32 Å². The number of rotatable bonds is 7. The first-order valence-corrected chi connectivity index (χ1v) is 8.48. The molecule has 0 aromatic heterocycles. The molecule has 0 radical (unpaired) electrons. The Morgan fingerprint density at radius 1 is 1.26 bits per heavy atom. The average molecular weight is 320 g/mol. The molecule has 1 atom stereocenters. The maximum absolute atomic E-state index is 12.2. The minimum Gasteiger partial charge on any atom is -0.497 e. The van der Waals surface area contributed by atoms with Crippen LogP contribution in [0.2, 0.25) is 0 Å². The van der Waals surface area contributed by atoms with Gasteiger partial charge in [0.1, 0.15) is 11.9 Å². The number of nitrogens with one attached hydrogen (secondary N) is 1. The first-order valence-electron chi connectivity index (χ1n) is 8.48. The third-order valence-electron chi connectivity index (χ3n) is 4.31. The van der Waals surface area contributed by atoms with Gasteiger partial charge < -0.3 is 19.7 Å². The van der Waals surface area contributed by atoms with Gasteiger partial charge in [-0.3, -0.25) is 4.79 Å². The van der Waals surface area contributed by atoms with Crippen LogP contribution in [0.25, 0.3) is 0 Å². The van der Waals surface area contributed by atoms with Crippen LogP contribution in [0.3, 0.4) is 0 Å². The van der Waals surface area contributed by atoms with E-state index >= 15 is 0 Å². The molecule has 1 aliphatic rings.